The molecule has 0 aromatic heterocycles. The molecule has 0 rings (SSSR count). The third-order valence-corrected chi connectivity index (χ3v) is 0. The molecule has 0 fully saturated rings. The van der Waals surface area contributed by atoms with E-state index >= 15 is 0 Å². The Morgan fingerprint density at radius 1 is 0.231 bits per heavy atom. The van der Waals surface area contributed by atoms with Crippen molar-refractivity contribution in [3.63, 3.8) is 0 Å². The topological polar surface area (TPSA) is 256 Å². The number of hydrogen-bond acceptors (Lipinski definition) is 0. The first-order valence-corrected chi connectivity index (χ1v) is 0. The van der Waals surface area contributed by atoms with E-state index < -0.39 is 0 Å². The van der Waals surface area contributed by atoms with Crippen LogP contribution in [0.3, 0.4) is 0 Å². The molecule has 0 amide bonds. The summed E-state index contributed by atoms with van der Waals surface area (Å²) in [5.74, 6) is 0. The fraction of sp³-hybridized carbons (Fsp3) is 0. The Labute approximate surface area is 140 Å². The molecule has 0 aliphatic heterocycles. The maximum atomic E-state index is 0. The van der Waals surface area contributed by atoms with Gasteiger partial charge in [-0.2, -0.15) is 0 Å². The van der Waals surface area contributed by atoms with Crippen LogP contribution in [0.25, 0.3) is 0 Å². The van der Waals surface area contributed by atoms with E-state index in [1.165, 1.54) is 0 Å². The zero-order chi connectivity index (χ0) is 0. The van der Waals surface area contributed by atoms with Crippen LogP contribution in [0, 0.1) is 36.9 Å². The average Bonchev–Trinajstić information content (AvgIpc) is 0. The van der Waals surface area contributed by atoms with Crippen molar-refractivity contribution < 1.29 is 142 Å². The molecule has 0 spiro atoms. The largest absolute Gasteiger partial charge is 3.00 e. The van der Waals surface area contributed by atoms with Crippen molar-refractivity contribution in [2.75, 3.05) is 0 Å². The minimum Gasteiger partial charge on any atom is -2.00 e. The van der Waals surface area contributed by atoms with Crippen molar-refractivity contribution in [2.24, 2.45) is 0 Å². The van der Waals surface area contributed by atoms with Gasteiger partial charge in [-0.15, -0.1) is 0 Å². The molecule has 0 N–H and O–H groups in total. The van der Waals surface area contributed by atoms with Gasteiger partial charge in [-0.25, -0.2) is 0 Å². The second kappa shape index (κ2) is 394. The van der Waals surface area contributed by atoms with Gasteiger partial charge in [0.05, 0.1) is 0 Å². The van der Waals surface area contributed by atoms with Gasteiger partial charge in [-0.05, 0) is 0 Å². The van der Waals surface area contributed by atoms with Crippen molar-refractivity contribution in [1.29, 1.82) is 0 Å². The van der Waals surface area contributed by atoms with Crippen molar-refractivity contribution in [3.05, 3.63) is 0 Å². The summed E-state index contributed by atoms with van der Waals surface area (Å²) in [5, 5.41) is 0. The number of rotatable bonds is 0. The van der Waals surface area contributed by atoms with Gasteiger partial charge in [0, 0.05) is 55.7 Å². The normalized spacial score (nSPS) is 0. The molecular weight excluding hydrogens is 472 g/mol. The summed E-state index contributed by atoms with van der Waals surface area (Å²) in [6.45, 7) is 0. The summed E-state index contributed by atoms with van der Waals surface area (Å²) in [5.41, 5.74) is 0. The first kappa shape index (κ1) is 484. The Kier molecular flexibility index (Phi) is 14700. The van der Waals surface area contributed by atoms with Crippen LogP contribution < -0.4 is 0 Å². The van der Waals surface area contributed by atoms with Crippen LogP contribution in [0.1, 0.15) is 0 Å². The summed E-state index contributed by atoms with van der Waals surface area (Å²) in [6, 6.07) is 0. The minimum absolute atomic E-state index is 0. The fourth-order valence-electron chi connectivity index (χ4n) is 0. The van der Waals surface area contributed by atoms with Crippen LogP contribution in [0.15, 0.2) is 0 Å². The molecule has 0 atom stereocenters. The predicted molar refractivity (Wildman–Crippen MR) is 6.18 cm³/mol. The van der Waals surface area contributed by atoms with Gasteiger partial charge >= 0.3 is 36.9 Å². The van der Waals surface area contributed by atoms with E-state index in [9.17, 15) is 0 Å². The Hall–Kier alpha value is 2.63. The van der Waals surface area contributed by atoms with Crippen LogP contribution in [-0.4, -0.2) is 0 Å². The first-order valence-electron chi connectivity index (χ1n) is 0. The van der Waals surface area contributed by atoms with Gasteiger partial charge in [0.1, 0.15) is 0 Å². The van der Waals surface area contributed by atoms with E-state index in [0.29, 0.717) is 0 Å². The molecule has 0 aromatic rings. The number of hydrogen-bond donors (Lipinski definition) is 0. The molecule has 0 aliphatic rings. The van der Waals surface area contributed by atoms with Crippen LogP contribution in [-0.2, 0) is 105 Å². The van der Waals surface area contributed by atoms with E-state index in [-0.39, 0.29) is 142 Å². The SMILES string of the molecule is [Lu+3].[O-2].[O-2].[O-2].[O-2].[O-2].[O-2].[O-2].[O-2].[O-2].[V].[V].[V]. The molecule has 13 heteroatoms. The van der Waals surface area contributed by atoms with Crippen molar-refractivity contribution in [2.45, 2.75) is 0 Å². The summed E-state index contributed by atoms with van der Waals surface area (Å²) in [6.07, 6.45) is 0. The Bertz CT molecular complexity index is 14.8. The molecule has 0 saturated heterocycles. The maximum absolute atomic E-state index is 0. The second-order valence-corrected chi connectivity index (χ2v) is 0. The standard InChI is InChI=1S/Lu.9O.3V/q+3;9*-2;;;. The molecule has 9 nitrogen and oxygen atoms in total. The molecule has 3 radical (unpaired) electrons. The quantitative estimate of drug-likeness (QED) is 0.408. The summed E-state index contributed by atoms with van der Waals surface area (Å²) >= 11 is 0. The summed E-state index contributed by atoms with van der Waals surface area (Å²) in [4.78, 5) is 0. The summed E-state index contributed by atoms with van der Waals surface area (Å²) < 4.78 is 0. The minimum atomic E-state index is 0. The Morgan fingerprint density at radius 2 is 0.231 bits per heavy atom. The molecule has 0 bridgehead atoms. The third kappa shape index (κ3) is 338. The van der Waals surface area contributed by atoms with Gasteiger partial charge in [-0.1, -0.05) is 0 Å². The predicted octanol–water partition coefficient (Wildman–Crippen LogP) is -1.08. The zero-order valence-electron chi connectivity index (χ0n) is 5.27. The molecule has 13 heavy (non-hydrogen) atoms. The summed E-state index contributed by atoms with van der Waals surface area (Å²) in [7, 11) is 0. The average molecular weight is 472 g/mol. The van der Waals surface area contributed by atoms with E-state index in [0.717, 1.165) is 0 Å². The fourth-order valence-corrected chi connectivity index (χ4v) is 0. The zero-order valence-corrected chi connectivity index (χ0v) is 11.1. The van der Waals surface area contributed by atoms with E-state index in [1.54, 1.807) is 0 Å². The molecule has 99 valence electrons. The van der Waals surface area contributed by atoms with Gasteiger partial charge in [-0.3, -0.25) is 0 Å². The van der Waals surface area contributed by atoms with Crippen LogP contribution in [0.4, 0.5) is 0 Å². The van der Waals surface area contributed by atoms with Crippen molar-refractivity contribution in [1.82, 2.24) is 0 Å². The molecule has 0 saturated carbocycles. The third-order valence-electron chi connectivity index (χ3n) is 0. The Balaban J connectivity index is 0. The van der Waals surface area contributed by atoms with Gasteiger partial charge in [0.2, 0.25) is 0 Å². The van der Waals surface area contributed by atoms with Crippen LogP contribution in [0.2, 0.25) is 0 Å². The van der Waals surface area contributed by atoms with Crippen LogP contribution >= 0.6 is 0 Å². The molecule has 0 heterocycles. The second-order valence-electron chi connectivity index (χ2n) is 0. The van der Waals surface area contributed by atoms with Gasteiger partial charge in [0.15, 0.2) is 0 Å². The van der Waals surface area contributed by atoms with Gasteiger partial charge in [0.25, 0.3) is 0 Å². The van der Waals surface area contributed by atoms with E-state index in [2.05, 4.69) is 0 Å². The van der Waals surface area contributed by atoms with Gasteiger partial charge < -0.3 is 49.3 Å². The Morgan fingerprint density at radius 3 is 0.231 bits per heavy atom. The molecule has 0 unspecified atom stereocenters. The van der Waals surface area contributed by atoms with Crippen LogP contribution in [0.5, 0.6) is 0 Å². The van der Waals surface area contributed by atoms with Crippen molar-refractivity contribution in [3.8, 4) is 0 Å². The molecule has 0 aromatic carbocycles. The molecular formula is LuO9V3-15. The monoisotopic (exact) mass is 472 g/mol. The molecule has 0 aliphatic carbocycles. The van der Waals surface area contributed by atoms with E-state index in [4.69, 9.17) is 0 Å². The van der Waals surface area contributed by atoms with Crippen molar-refractivity contribution >= 4 is 0 Å². The maximum Gasteiger partial charge on any atom is 3.00 e. The van der Waals surface area contributed by atoms with E-state index in [1.807, 2.05) is 0 Å². The first-order chi connectivity index (χ1) is 0. The smallest absolute Gasteiger partial charge is 2.00 e.